The average Bonchev–Trinajstić information content (AvgIpc) is 3.83. The summed E-state index contributed by atoms with van der Waals surface area (Å²) in [5.41, 5.74) is 10.7. The van der Waals surface area contributed by atoms with Crippen molar-refractivity contribution in [3.63, 3.8) is 0 Å². The predicted octanol–water partition coefficient (Wildman–Crippen LogP) is 16.0. The van der Waals surface area contributed by atoms with Gasteiger partial charge < -0.3 is 4.90 Å². The van der Waals surface area contributed by atoms with Crippen molar-refractivity contribution >= 4 is 90.9 Å². The van der Waals surface area contributed by atoms with E-state index in [0.29, 0.717) is 0 Å². The van der Waals surface area contributed by atoms with Crippen LogP contribution in [0.4, 0.5) is 17.1 Å². The minimum atomic E-state index is 1.12. The van der Waals surface area contributed by atoms with Crippen LogP contribution in [0.25, 0.3) is 84.5 Å². The highest BCUT2D eigenvalue weighted by Crippen LogP contribution is 2.48. The summed E-state index contributed by atoms with van der Waals surface area (Å²) in [5, 5.41) is 7.72. The van der Waals surface area contributed by atoms with E-state index in [-0.39, 0.29) is 0 Å². The number of nitrogens with zero attached hydrogens (tertiary/aromatic N) is 1. The molecule has 0 aliphatic heterocycles. The Morgan fingerprint density at radius 3 is 1.75 bits per heavy atom. The van der Waals surface area contributed by atoms with Crippen molar-refractivity contribution < 1.29 is 0 Å². The molecule has 0 saturated heterocycles. The highest BCUT2D eigenvalue weighted by molar-refractivity contribution is 7.26. The molecule has 0 unspecified atom stereocenters. The van der Waals surface area contributed by atoms with Crippen LogP contribution in [0, 0.1) is 0 Å². The normalized spacial score (nSPS) is 11.6. The molecule has 1 nitrogen and oxygen atoms in total. The lowest BCUT2D eigenvalue weighted by Gasteiger charge is -2.29. The van der Waals surface area contributed by atoms with E-state index in [2.05, 4.69) is 205 Å². The average molecular weight is 736 g/mol. The van der Waals surface area contributed by atoms with Crippen molar-refractivity contribution in [3.05, 3.63) is 200 Å². The second kappa shape index (κ2) is 13.1. The zero-order chi connectivity index (χ0) is 36.3. The molecule has 0 N–H and O–H groups in total. The molecule has 0 spiro atoms. The molecule has 2 heterocycles. The van der Waals surface area contributed by atoms with Crippen molar-refractivity contribution in [3.8, 4) is 33.4 Å². The third-order valence-corrected chi connectivity index (χ3v) is 13.2. The molecule has 0 fully saturated rings. The van der Waals surface area contributed by atoms with Gasteiger partial charge in [0.05, 0.1) is 11.4 Å². The van der Waals surface area contributed by atoms with Crippen molar-refractivity contribution in [1.29, 1.82) is 0 Å². The van der Waals surface area contributed by atoms with E-state index < -0.39 is 0 Å². The molecule has 258 valence electrons. The highest BCUT2D eigenvalue weighted by atomic mass is 32.1. The number of anilines is 3. The fraction of sp³-hybridized carbons (Fsp3) is 0. The Kier molecular flexibility index (Phi) is 7.61. The summed E-state index contributed by atoms with van der Waals surface area (Å²) in [7, 11) is 0. The highest BCUT2D eigenvalue weighted by Gasteiger charge is 2.21. The largest absolute Gasteiger partial charge is 0.309 e. The van der Waals surface area contributed by atoms with Crippen molar-refractivity contribution in [2.75, 3.05) is 4.90 Å². The number of para-hydroxylation sites is 1. The summed E-state index contributed by atoms with van der Waals surface area (Å²) in [6.45, 7) is 0. The number of hydrogen-bond donors (Lipinski definition) is 0. The number of hydrogen-bond acceptors (Lipinski definition) is 3. The molecule has 11 rings (SSSR count). The van der Waals surface area contributed by atoms with E-state index in [1.54, 1.807) is 0 Å². The second-order valence-corrected chi connectivity index (χ2v) is 16.2. The zero-order valence-corrected chi connectivity index (χ0v) is 31.4. The van der Waals surface area contributed by atoms with Crippen LogP contribution < -0.4 is 4.90 Å². The molecule has 9 aromatic carbocycles. The summed E-state index contributed by atoms with van der Waals surface area (Å²) in [5.74, 6) is 0. The third-order valence-electron chi connectivity index (χ3n) is 10.9. The smallest absolute Gasteiger partial charge is 0.0555 e. The molecule has 0 bridgehead atoms. The Hall–Kier alpha value is -6.52. The van der Waals surface area contributed by atoms with Gasteiger partial charge in [0.1, 0.15) is 0 Å². The molecule has 2 aromatic heterocycles. The van der Waals surface area contributed by atoms with Crippen LogP contribution in [0.15, 0.2) is 200 Å². The number of fused-ring (bicyclic) bond motifs is 7. The first kappa shape index (κ1) is 32.0. The quantitative estimate of drug-likeness (QED) is 0.164. The molecular formula is C52H33NS2. The first-order valence-electron chi connectivity index (χ1n) is 18.7. The lowest BCUT2D eigenvalue weighted by molar-refractivity contribution is 1.30. The number of thiophene rings is 2. The summed E-state index contributed by atoms with van der Waals surface area (Å²) >= 11 is 3.72. The topological polar surface area (TPSA) is 3.24 Å². The van der Waals surface area contributed by atoms with E-state index in [1.807, 2.05) is 22.7 Å². The minimum Gasteiger partial charge on any atom is -0.309 e. The van der Waals surface area contributed by atoms with Gasteiger partial charge in [-0.15, -0.1) is 22.7 Å². The van der Waals surface area contributed by atoms with Crippen LogP contribution >= 0.6 is 22.7 Å². The number of rotatable bonds is 6. The maximum atomic E-state index is 2.47. The van der Waals surface area contributed by atoms with Gasteiger partial charge >= 0.3 is 0 Å². The van der Waals surface area contributed by atoms with Crippen LogP contribution in [0.5, 0.6) is 0 Å². The molecule has 0 radical (unpaired) electrons. The van der Waals surface area contributed by atoms with Gasteiger partial charge in [-0.05, 0) is 99.3 Å². The van der Waals surface area contributed by atoms with Gasteiger partial charge in [0, 0.05) is 51.6 Å². The predicted molar refractivity (Wildman–Crippen MR) is 241 cm³/mol. The second-order valence-electron chi connectivity index (χ2n) is 14.1. The molecule has 0 atom stereocenters. The van der Waals surface area contributed by atoms with E-state index in [0.717, 1.165) is 11.4 Å². The maximum absolute atomic E-state index is 2.47. The van der Waals surface area contributed by atoms with E-state index in [4.69, 9.17) is 0 Å². The van der Waals surface area contributed by atoms with E-state index >= 15 is 0 Å². The van der Waals surface area contributed by atoms with Crippen LogP contribution in [0.1, 0.15) is 0 Å². The van der Waals surface area contributed by atoms with Gasteiger partial charge in [-0.1, -0.05) is 140 Å². The maximum Gasteiger partial charge on any atom is 0.0555 e. The summed E-state index contributed by atoms with van der Waals surface area (Å²) < 4.78 is 5.24. The van der Waals surface area contributed by atoms with Gasteiger partial charge in [0.15, 0.2) is 0 Å². The van der Waals surface area contributed by atoms with Crippen LogP contribution in [-0.2, 0) is 0 Å². The van der Waals surface area contributed by atoms with Crippen LogP contribution in [-0.4, -0.2) is 0 Å². The van der Waals surface area contributed by atoms with Gasteiger partial charge in [-0.3, -0.25) is 0 Å². The Balaban J connectivity index is 1.09. The molecule has 3 heteroatoms. The fourth-order valence-electron chi connectivity index (χ4n) is 8.30. The summed E-state index contributed by atoms with van der Waals surface area (Å²) in [6.07, 6.45) is 0. The van der Waals surface area contributed by atoms with E-state index in [1.165, 1.54) is 90.2 Å². The number of benzene rings is 9. The lowest BCUT2D eigenvalue weighted by atomic mass is 9.94. The first-order valence-corrected chi connectivity index (χ1v) is 20.3. The van der Waals surface area contributed by atoms with Crippen LogP contribution in [0.3, 0.4) is 0 Å². The lowest BCUT2D eigenvalue weighted by Crippen LogP contribution is -2.11. The van der Waals surface area contributed by atoms with Crippen molar-refractivity contribution in [1.82, 2.24) is 0 Å². The third kappa shape index (κ3) is 5.43. The Morgan fingerprint density at radius 2 is 0.873 bits per heavy atom. The SMILES string of the molecule is c1cc(-c2ccccc2N(c2ccc(-c3ccc4sc5ccccc5c4c3)cc2)c2cccc3sc4ccccc4c23)cc(-c2cccc3ccccc23)c1. The Morgan fingerprint density at radius 1 is 0.309 bits per heavy atom. The van der Waals surface area contributed by atoms with Crippen LogP contribution in [0.2, 0.25) is 0 Å². The molecule has 11 aromatic rings. The molecule has 0 saturated carbocycles. The standard InChI is InChI=1S/C52H33NS2/c1-2-16-40-35(12-1)13-10-20-41(40)37-14-9-15-38(32-37)42-17-3-6-21-46(42)53(47-22-11-25-51-52(47)44-19-5-8-24-49(44)55-51)39-29-26-34(27-30-39)36-28-31-50-45(33-36)43-18-4-7-23-48(43)54-50/h1-33H. The fourth-order valence-corrected chi connectivity index (χ4v) is 10.5. The molecular weight excluding hydrogens is 703 g/mol. The van der Waals surface area contributed by atoms with Crippen molar-refractivity contribution in [2.24, 2.45) is 0 Å². The molecule has 55 heavy (non-hydrogen) atoms. The summed E-state index contributed by atoms with van der Waals surface area (Å²) in [4.78, 5) is 2.47. The monoisotopic (exact) mass is 735 g/mol. The van der Waals surface area contributed by atoms with Gasteiger partial charge in [-0.2, -0.15) is 0 Å². The minimum absolute atomic E-state index is 1.12. The Labute approximate surface area is 327 Å². The summed E-state index contributed by atoms with van der Waals surface area (Å²) in [6, 6.07) is 73.5. The Bertz CT molecular complexity index is 3220. The van der Waals surface area contributed by atoms with E-state index in [9.17, 15) is 0 Å². The first-order chi connectivity index (χ1) is 27.3. The van der Waals surface area contributed by atoms with Gasteiger partial charge in [0.2, 0.25) is 0 Å². The zero-order valence-electron chi connectivity index (χ0n) is 29.8. The molecule has 0 aliphatic rings. The van der Waals surface area contributed by atoms with Crippen molar-refractivity contribution in [2.45, 2.75) is 0 Å². The van der Waals surface area contributed by atoms with Gasteiger partial charge in [-0.25, -0.2) is 0 Å². The molecule has 0 amide bonds. The van der Waals surface area contributed by atoms with Gasteiger partial charge in [0.25, 0.3) is 0 Å². The molecule has 0 aliphatic carbocycles.